The van der Waals surface area contributed by atoms with Gasteiger partial charge in [0.1, 0.15) is 5.50 Å². The van der Waals surface area contributed by atoms with E-state index in [0.29, 0.717) is 5.50 Å². The smallest absolute Gasteiger partial charge is 0.112 e. The summed E-state index contributed by atoms with van der Waals surface area (Å²) in [5, 5.41) is 4.42. The number of alkyl halides is 1. The fraction of sp³-hybridized carbons (Fsp3) is 1.00. The summed E-state index contributed by atoms with van der Waals surface area (Å²) in [4.78, 5) is 0. The van der Waals surface area contributed by atoms with E-state index in [0.717, 1.165) is 6.54 Å². The average Bonchev–Trinajstić information content (AvgIpc) is 1.59. The Balaban J connectivity index is 1.99. The Morgan fingerprint density at radius 3 is 2.29 bits per heavy atom. The van der Waals surface area contributed by atoms with Gasteiger partial charge in [-0.15, -0.1) is 11.6 Å². The number of piperazine rings is 1. The Hall–Kier alpha value is 0.210. The first kappa shape index (κ1) is 4.13. The van der Waals surface area contributed by atoms with Gasteiger partial charge in [-0.05, 0) is 0 Å². The van der Waals surface area contributed by atoms with Gasteiger partial charge in [0.15, 0.2) is 0 Å². The van der Waals surface area contributed by atoms with Crippen LogP contribution in [0.25, 0.3) is 0 Å². The van der Waals surface area contributed by atoms with Crippen LogP contribution in [0.4, 0.5) is 0 Å². The van der Waals surface area contributed by atoms with Crippen molar-refractivity contribution in [1.29, 1.82) is 0 Å². The normalized spacial score (nSPS) is 41.6. The van der Waals surface area contributed by atoms with E-state index < -0.39 is 0 Å². The molecule has 0 aromatic heterocycles. The van der Waals surface area contributed by atoms with Gasteiger partial charge in [0.05, 0.1) is 0 Å². The van der Waals surface area contributed by atoms with Gasteiger partial charge in [0.25, 0.3) is 0 Å². The molecule has 2 nitrogen and oxygen atoms in total. The minimum absolute atomic E-state index is 0.328. The molecule has 0 N–H and O–H groups in total. The molecule has 0 aromatic carbocycles. The van der Waals surface area contributed by atoms with Gasteiger partial charge in [-0.2, -0.15) is 0 Å². The number of hydrogen-bond acceptors (Lipinski definition) is 2. The maximum Gasteiger partial charge on any atom is 0.112 e. The predicted molar refractivity (Wildman–Crippen MR) is 27.9 cm³/mol. The van der Waals surface area contributed by atoms with Crippen LogP contribution in [0.1, 0.15) is 0 Å². The van der Waals surface area contributed by atoms with Crippen molar-refractivity contribution in [1.82, 2.24) is 10.0 Å². The third kappa shape index (κ3) is 0.372. The SMILES string of the molecule is ClC1CN2CCN12. The maximum absolute atomic E-state index is 5.73. The first-order valence-electron chi connectivity index (χ1n) is 2.53. The monoisotopic (exact) mass is 118 g/mol. The van der Waals surface area contributed by atoms with Crippen LogP contribution in [-0.2, 0) is 0 Å². The summed E-state index contributed by atoms with van der Waals surface area (Å²) in [7, 11) is 0. The van der Waals surface area contributed by atoms with Crippen molar-refractivity contribution < 1.29 is 0 Å². The highest BCUT2D eigenvalue weighted by Crippen LogP contribution is 2.27. The van der Waals surface area contributed by atoms with Crippen molar-refractivity contribution in [3.63, 3.8) is 0 Å². The lowest BCUT2D eigenvalue weighted by molar-refractivity contribution is -0.206. The van der Waals surface area contributed by atoms with Crippen molar-refractivity contribution in [2.75, 3.05) is 19.6 Å². The Bertz CT molecular complexity index is 91.7. The molecule has 1 atom stereocenters. The number of halogens is 1. The van der Waals surface area contributed by atoms with Crippen LogP contribution in [0.3, 0.4) is 0 Å². The molecule has 2 rings (SSSR count). The summed E-state index contributed by atoms with van der Waals surface area (Å²) in [6.45, 7) is 3.47. The topological polar surface area (TPSA) is 6.48 Å². The zero-order chi connectivity index (χ0) is 4.85. The number of hydrazine groups is 1. The van der Waals surface area contributed by atoms with E-state index in [1.54, 1.807) is 0 Å². The van der Waals surface area contributed by atoms with Gasteiger partial charge >= 0.3 is 0 Å². The Kier molecular flexibility index (Phi) is 0.666. The van der Waals surface area contributed by atoms with Crippen molar-refractivity contribution in [2.45, 2.75) is 5.50 Å². The minimum Gasteiger partial charge on any atom is -0.236 e. The molecule has 2 aliphatic heterocycles. The molecule has 2 aliphatic rings. The summed E-state index contributed by atoms with van der Waals surface area (Å²) >= 11 is 5.73. The first-order chi connectivity index (χ1) is 3.38. The number of hydrogen-bond donors (Lipinski definition) is 0. The highest BCUT2D eigenvalue weighted by atomic mass is 35.5. The van der Waals surface area contributed by atoms with Crippen molar-refractivity contribution >= 4 is 11.6 Å². The van der Waals surface area contributed by atoms with Crippen LogP contribution in [0, 0.1) is 0 Å². The van der Waals surface area contributed by atoms with Gasteiger partial charge in [-0.25, -0.2) is 10.0 Å². The van der Waals surface area contributed by atoms with Crippen LogP contribution in [0.2, 0.25) is 0 Å². The Morgan fingerprint density at radius 2 is 2.29 bits per heavy atom. The third-order valence-corrected chi connectivity index (χ3v) is 2.00. The molecule has 2 heterocycles. The van der Waals surface area contributed by atoms with Crippen LogP contribution < -0.4 is 0 Å². The predicted octanol–water partition coefficient (Wildman–Crippen LogP) is 0.0975. The molecule has 7 heavy (non-hydrogen) atoms. The molecule has 0 saturated carbocycles. The van der Waals surface area contributed by atoms with E-state index in [9.17, 15) is 0 Å². The number of fused-ring (bicyclic) bond motifs is 1. The molecule has 0 aromatic rings. The molecule has 2 saturated heterocycles. The summed E-state index contributed by atoms with van der Waals surface area (Å²) in [5.74, 6) is 0. The highest BCUT2D eigenvalue weighted by Gasteiger charge is 2.41. The lowest BCUT2D eigenvalue weighted by atomic mass is 10.3. The second-order valence-electron chi connectivity index (χ2n) is 2.01. The molecule has 2 fully saturated rings. The van der Waals surface area contributed by atoms with Crippen LogP contribution in [0.5, 0.6) is 0 Å². The van der Waals surface area contributed by atoms with E-state index in [-0.39, 0.29) is 0 Å². The van der Waals surface area contributed by atoms with E-state index in [2.05, 4.69) is 10.0 Å². The van der Waals surface area contributed by atoms with E-state index in [1.165, 1.54) is 13.1 Å². The molecule has 40 valence electrons. The Labute approximate surface area is 47.6 Å². The molecular weight excluding hydrogens is 112 g/mol. The summed E-state index contributed by atoms with van der Waals surface area (Å²) in [6.07, 6.45) is 0. The summed E-state index contributed by atoms with van der Waals surface area (Å²) in [6, 6.07) is 0. The zero-order valence-electron chi connectivity index (χ0n) is 3.97. The lowest BCUT2D eigenvalue weighted by Crippen LogP contribution is -2.71. The van der Waals surface area contributed by atoms with Crippen molar-refractivity contribution in [3.05, 3.63) is 0 Å². The van der Waals surface area contributed by atoms with Crippen molar-refractivity contribution in [3.8, 4) is 0 Å². The largest absolute Gasteiger partial charge is 0.236 e. The molecule has 0 spiro atoms. The molecule has 3 heteroatoms. The van der Waals surface area contributed by atoms with Crippen LogP contribution in [0.15, 0.2) is 0 Å². The molecule has 0 aliphatic carbocycles. The lowest BCUT2D eigenvalue weighted by Gasteiger charge is -2.56. The number of rotatable bonds is 0. The van der Waals surface area contributed by atoms with Gasteiger partial charge in [0.2, 0.25) is 0 Å². The molecule has 0 bridgehead atoms. The molecule has 0 amide bonds. The van der Waals surface area contributed by atoms with Gasteiger partial charge in [0, 0.05) is 19.6 Å². The zero-order valence-corrected chi connectivity index (χ0v) is 4.73. The molecule has 0 radical (unpaired) electrons. The summed E-state index contributed by atoms with van der Waals surface area (Å²) < 4.78 is 0. The van der Waals surface area contributed by atoms with Crippen LogP contribution in [-0.4, -0.2) is 35.2 Å². The van der Waals surface area contributed by atoms with Crippen LogP contribution >= 0.6 is 11.6 Å². The summed E-state index contributed by atoms with van der Waals surface area (Å²) in [5.41, 5.74) is 0.328. The average molecular weight is 119 g/mol. The second kappa shape index (κ2) is 1.13. The quantitative estimate of drug-likeness (QED) is 0.329. The fourth-order valence-corrected chi connectivity index (χ4v) is 1.42. The fourth-order valence-electron chi connectivity index (χ4n) is 1.04. The van der Waals surface area contributed by atoms with Gasteiger partial charge in [-0.1, -0.05) is 0 Å². The van der Waals surface area contributed by atoms with E-state index >= 15 is 0 Å². The van der Waals surface area contributed by atoms with Gasteiger partial charge in [-0.3, -0.25) is 0 Å². The third-order valence-electron chi connectivity index (χ3n) is 1.64. The molecular formula is C4H7ClN2. The number of nitrogens with zero attached hydrogens (tertiary/aromatic N) is 2. The maximum atomic E-state index is 5.73. The van der Waals surface area contributed by atoms with E-state index in [4.69, 9.17) is 11.6 Å². The minimum atomic E-state index is 0.328. The van der Waals surface area contributed by atoms with E-state index in [1.807, 2.05) is 0 Å². The Morgan fingerprint density at radius 1 is 1.43 bits per heavy atom. The molecule has 1 unspecified atom stereocenters. The standard InChI is InChI=1S/C4H7ClN2/c5-4-3-6-1-2-7(4)6/h4H,1-3H2. The van der Waals surface area contributed by atoms with Crippen molar-refractivity contribution in [2.24, 2.45) is 0 Å². The second-order valence-corrected chi connectivity index (χ2v) is 2.51. The first-order valence-corrected chi connectivity index (χ1v) is 2.97. The highest BCUT2D eigenvalue weighted by molar-refractivity contribution is 6.21. The van der Waals surface area contributed by atoms with Gasteiger partial charge < -0.3 is 0 Å².